The van der Waals surface area contributed by atoms with Gasteiger partial charge in [-0.2, -0.15) is 5.10 Å². The molecule has 1 aromatic heterocycles. The first-order valence-corrected chi connectivity index (χ1v) is 6.50. The van der Waals surface area contributed by atoms with E-state index in [1.54, 1.807) is 0 Å². The summed E-state index contributed by atoms with van der Waals surface area (Å²) in [6, 6.07) is 0.128. The summed E-state index contributed by atoms with van der Waals surface area (Å²) in [7, 11) is 1.41. The molecule has 0 radical (unpaired) electrons. The molecule has 0 saturated heterocycles. The van der Waals surface area contributed by atoms with Crippen molar-refractivity contribution in [1.29, 1.82) is 0 Å². The Kier molecular flexibility index (Phi) is 4.19. The molecule has 6 nitrogen and oxygen atoms in total. The van der Waals surface area contributed by atoms with Gasteiger partial charge in [0.2, 0.25) is 0 Å². The molecule has 104 valence electrons. The van der Waals surface area contributed by atoms with Gasteiger partial charge in [0.1, 0.15) is 0 Å². The van der Waals surface area contributed by atoms with E-state index in [1.807, 2.05) is 6.92 Å². The third-order valence-electron chi connectivity index (χ3n) is 3.67. The number of nitrogens with one attached hydrogen (secondary N) is 2. The molecule has 0 unspecified atom stereocenters. The first-order chi connectivity index (χ1) is 9.11. The number of aromatic amines is 1. The lowest BCUT2D eigenvalue weighted by molar-refractivity contribution is -0.146. The molecule has 1 aromatic rings. The number of methoxy groups -OCH3 is 1. The van der Waals surface area contributed by atoms with E-state index in [0.29, 0.717) is 5.56 Å². The van der Waals surface area contributed by atoms with Crippen molar-refractivity contribution in [2.75, 3.05) is 7.11 Å². The van der Waals surface area contributed by atoms with E-state index in [2.05, 4.69) is 15.5 Å². The van der Waals surface area contributed by atoms with Gasteiger partial charge in [-0.15, -0.1) is 0 Å². The molecule has 1 heterocycles. The fourth-order valence-electron chi connectivity index (χ4n) is 2.48. The van der Waals surface area contributed by atoms with Crippen molar-refractivity contribution in [3.05, 3.63) is 17.5 Å². The first kappa shape index (κ1) is 13.6. The highest BCUT2D eigenvalue weighted by atomic mass is 16.5. The smallest absolute Gasteiger partial charge is 0.308 e. The van der Waals surface area contributed by atoms with Crippen LogP contribution in [0.2, 0.25) is 0 Å². The Bertz CT molecular complexity index is 461. The zero-order valence-electron chi connectivity index (χ0n) is 11.2. The number of esters is 1. The van der Waals surface area contributed by atoms with Crippen LogP contribution in [0.4, 0.5) is 0 Å². The molecular formula is C13H19N3O3. The third-order valence-corrected chi connectivity index (χ3v) is 3.67. The van der Waals surface area contributed by atoms with E-state index >= 15 is 0 Å². The van der Waals surface area contributed by atoms with Gasteiger partial charge >= 0.3 is 5.97 Å². The zero-order chi connectivity index (χ0) is 13.8. The number of hydrogen-bond donors (Lipinski definition) is 2. The number of aryl methyl sites for hydroxylation is 1. The second-order valence-corrected chi connectivity index (χ2v) is 4.95. The highest BCUT2D eigenvalue weighted by molar-refractivity contribution is 5.95. The van der Waals surface area contributed by atoms with Crippen LogP contribution in [-0.2, 0) is 9.53 Å². The van der Waals surface area contributed by atoms with Gasteiger partial charge in [0, 0.05) is 11.7 Å². The maximum atomic E-state index is 12.0. The molecule has 1 aliphatic carbocycles. The molecule has 0 bridgehead atoms. The molecule has 2 N–H and O–H groups in total. The molecule has 6 heteroatoms. The highest BCUT2D eigenvalue weighted by Gasteiger charge is 2.28. The lowest BCUT2D eigenvalue weighted by atomic mass is 9.86. The number of aromatic nitrogens is 2. The second-order valence-electron chi connectivity index (χ2n) is 4.95. The Hall–Kier alpha value is -1.85. The molecule has 1 saturated carbocycles. The summed E-state index contributed by atoms with van der Waals surface area (Å²) in [6.45, 7) is 1.82. The summed E-state index contributed by atoms with van der Waals surface area (Å²) < 4.78 is 4.74. The molecule has 19 heavy (non-hydrogen) atoms. The van der Waals surface area contributed by atoms with Crippen molar-refractivity contribution in [2.24, 2.45) is 5.92 Å². The van der Waals surface area contributed by atoms with Crippen molar-refractivity contribution >= 4 is 11.9 Å². The summed E-state index contributed by atoms with van der Waals surface area (Å²) in [6.07, 6.45) is 4.68. The quantitative estimate of drug-likeness (QED) is 0.804. The topological polar surface area (TPSA) is 84.1 Å². The van der Waals surface area contributed by atoms with Crippen molar-refractivity contribution in [1.82, 2.24) is 15.5 Å². The molecule has 2 rings (SSSR count). The normalized spacial score (nSPS) is 22.8. The number of H-pyrrole nitrogens is 1. The molecule has 1 aliphatic rings. The Labute approximate surface area is 111 Å². The SMILES string of the molecule is COC(=O)C1CCC(NC(=O)c2cn[nH]c2C)CC1. The summed E-state index contributed by atoms with van der Waals surface area (Å²) in [5, 5.41) is 9.57. The van der Waals surface area contributed by atoms with Crippen LogP contribution < -0.4 is 5.32 Å². The lowest BCUT2D eigenvalue weighted by Crippen LogP contribution is -2.39. The minimum absolute atomic E-state index is 0.0196. The number of ether oxygens (including phenoxy) is 1. The minimum Gasteiger partial charge on any atom is -0.469 e. The van der Waals surface area contributed by atoms with E-state index in [1.165, 1.54) is 13.3 Å². The molecule has 0 aliphatic heterocycles. The van der Waals surface area contributed by atoms with E-state index in [4.69, 9.17) is 4.74 Å². The van der Waals surface area contributed by atoms with Gasteiger partial charge in [0.25, 0.3) is 5.91 Å². The standard InChI is InChI=1S/C13H19N3O3/c1-8-11(7-14-16-8)12(17)15-10-5-3-9(4-6-10)13(18)19-2/h7,9-10H,3-6H2,1-2H3,(H,14,16)(H,15,17). The van der Waals surface area contributed by atoms with E-state index < -0.39 is 0 Å². The largest absolute Gasteiger partial charge is 0.469 e. The second kappa shape index (κ2) is 5.86. The fourth-order valence-corrected chi connectivity index (χ4v) is 2.48. The van der Waals surface area contributed by atoms with Gasteiger partial charge in [0.05, 0.1) is 24.8 Å². The van der Waals surface area contributed by atoms with Crippen molar-refractivity contribution in [3.63, 3.8) is 0 Å². The van der Waals surface area contributed by atoms with Gasteiger partial charge in [0.15, 0.2) is 0 Å². The summed E-state index contributed by atoms with van der Waals surface area (Å²) in [4.78, 5) is 23.4. The molecular weight excluding hydrogens is 246 g/mol. The van der Waals surface area contributed by atoms with E-state index in [-0.39, 0.29) is 23.8 Å². The number of amides is 1. The molecule has 0 atom stereocenters. The van der Waals surface area contributed by atoms with E-state index in [9.17, 15) is 9.59 Å². The van der Waals surface area contributed by atoms with Crippen LogP contribution in [-0.4, -0.2) is 35.2 Å². The summed E-state index contributed by atoms with van der Waals surface area (Å²) >= 11 is 0. The number of carbonyl (C=O) groups excluding carboxylic acids is 2. The minimum atomic E-state index is -0.143. The number of hydrogen-bond acceptors (Lipinski definition) is 4. The van der Waals surface area contributed by atoms with Crippen LogP contribution in [0.15, 0.2) is 6.20 Å². The van der Waals surface area contributed by atoms with Gasteiger partial charge in [-0.05, 0) is 32.6 Å². The molecule has 0 spiro atoms. The predicted octanol–water partition coefficient (Wildman–Crippen LogP) is 1.18. The van der Waals surface area contributed by atoms with Gasteiger partial charge in [-0.25, -0.2) is 0 Å². The number of nitrogens with zero attached hydrogens (tertiary/aromatic N) is 1. The first-order valence-electron chi connectivity index (χ1n) is 6.50. The lowest BCUT2D eigenvalue weighted by Gasteiger charge is -2.27. The Balaban J connectivity index is 1.85. The van der Waals surface area contributed by atoms with Crippen LogP contribution in [0.1, 0.15) is 41.7 Å². The van der Waals surface area contributed by atoms with Gasteiger partial charge < -0.3 is 10.1 Å². The maximum Gasteiger partial charge on any atom is 0.308 e. The average molecular weight is 265 g/mol. The number of carbonyl (C=O) groups is 2. The van der Waals surface area contributed by atoms with Crippen LogP contribution >= 0.6 is 0 Å². The van der Waals surface area contributed by atoms with Crippen LogP contribution in [0.3, 0.4) is 0 Å². The highest BCUT2D eigenvalue weighted by Crippen LogP contribution is 2.25. The summed E-state index contributed by atoms with van der Waals surface area (Å²) in [5.74, 6) is -0.267. The molecule has 1 amide bonds. The average Bonchev–Trinajstić information content (AvgIpc) is 2.85. The van der Waals surface area contributed by atoms with Crippen molar-refractivity contribution < 1.29 is 14.3 Å². The van der Waals surface area contributed by atoms with Crippen LogP contribution in [0, 0.1) is 12.8 Å². The maximum absolute atomic E-state index is 12.0. The molecule has 1 fully saturated rings. The van der Waals surface area contributed by atoms with E-state index in [0.717, 1.165) is 31.4 Å². The van der Waals surface area contributed by atoms with Crippen molar-refractivity contribution in [3.8, 4) is 0 Å². The Morgan fingerprint density at radius 2 is 2.05 bits per heavy atom. The Morgan fingerprint density at radius 3 is 2.58 bits per heavy atom. The van der Waals surface area contributed by atoms with Gasteiger partial charge in [-0.1, -0.05) is 0 Å². The number of rotatable bonds is 3. The third kappa shape index (κ3) is 3.13. The van der Waals surface area contributed by atoms with Crippen LogP contribution in [0.5, 0.6) is 0 Å². The zero-order valence-corrected chi connectivity index (χ0v) is 11.2. The predicted molar refractivity (Wildman–Crippen MR) is 68.6 cm³/mol. The van der Waals surface area contributed by atoms with Crippen molar-refractivity contribution in [2.45, 2.75) is 38.6 Å². The van der Waals surface area contributed by atoms with Crippen LogP contribution in [0.25, 0.3) is 0 Å². The fraction of sp³-hybridized carbons (Fsp3) is 0.615. The molecule has 0 aromatic carbocycles. The Morgan fingerprint density at radius 1 is 1.37 bits per heavy atom. The monoisotopic (exact) mass is 265 g/mol. The van der Waals surface area contributed by atoms with Gasteiger partial charge in [-0.3, -0.25) is 14.7 Å². The summed E-state index contributed by atoms with van der Waals surface area (Å²) in [5.41, 5.74) is 1.34.